The van der Waals surface area contributed by atoms with Gasteiger partial charge in [0, 0.05) is 11.0 Å². The lowest BCUT2D eigenvalue weighted by Gasteiger charge is -2.14. The van der Waals surface area contributed by atoms with Crippen molar-refractivity contribution in [3.63, 3.8) is 0 Å². The van der Waals surface area contributed by atoms with Crippen molar-refractivity contribution in [1.29, 1.82) is 5.26 Å². The van der Waals surface area contributed by atoms with Gasteiger partial charge >= 0.3 is 0 Å². The van der Waals surface area contributed by atoms with Crippen LogP contribution >= 0.6 is 15.9 Å². The second-order valence-corrected chi connectivity index (χ2v) is 4.98. The van der Waals surface area contributed by atoms with E-state index in [1.807, 2.05) is 13.0 Å². The van der Waals surface area contributed by atoms with Crippen molar-refractivity contribution in [2.45, 2.75) is 6.92 Å². The van der Waals surface area contributed by atoms with Crippen molar-refractivity contribution < 1.29 is 4.74 Å². The minimum atomic E-state index is 0.502. The van der Waals surface area contributed by atoms with E-state index in [2.05, 4.69) is 42.6 Å². The lowest BCUT2D eigenvalue weighted by atomic mass is 10.2. The van der Waals surface area contributed by atoms with Gasteiger partial charge in [-0.25, -0.2) is 9.97 Å². The van der Waals surface area contributed by atoms with E-state index < -0.39 is 0 Å². The first-order valence-electron chi connectivity index (χ1n) is 6.29. The maximum absolute atomic E-state index is 9.20. The van der Waals surface area contributed by atoms with Crippen LogP contribution in [0.4, 0.5) is 17.3 Å². The number of nitrogens with zero attached hydrogens (tertiary/aromatic N) is 3. The molecule has 0 aliphatic heterocycles. The lowest BCUT2D eigenvalue weighted by molar-refractivity contribution is 0.415. The summed E-state index contributed by atoms with van der Waals surface area (Å²) in [6, 6.07) is 7.53. The van der Waals surface area contributed by atoms with Gasteiger partial charge in [0.05, 0.1) is 18.4 Å². The summed E-state index contributed by atoms with van der Waals surface area (Å²) in [5, 5.41) is 15.4. The van der Waals surface area contributed by atoms with E-state index in [4.69, 9.17) is 4.74 Å². The molecule has 108 valence electrons. The Hall–Kier alpha value is -2.33. The molecule has 1 heterocycles. The molecule has 7 heteroatoms. The molecular formula is C14H14BrN5O. The number of nitriles is 1. The summed E-state index contributed by atoms with van der Waals surface area (Å²) in [4.78, 5) is 8.32. The van der Waals surface area contributed by atoms with Crippen molar-refractivity contribution >= 4 is 33.3 Å². The van der Waals surface area contributed by atoms with Crippen LogP contribution in [-0.4, -0.2) is 23.6 Å². The van der Waals surface area contributed by atoms with Crippen LogP contribution in [0.25, 0.3) is 0 Å². The minimum Gasteiger partial charge on any atom is -0.490 e. The number of methoxy groups -OCH3 is 1. The third kappa shape index (κ3) is 3.41. The molecule has 6 nitrogen and oxygen atoms in total. The largest absolute Gasteiger partial charge is 0.490 e. The Morgan fingerprint density at radius 3 is 2.76 bits per heavy atom. The fourth-order valence-electron chi connectivity index (χ4n) is 1.80. The average molecular weight is 348 g/mol. The highest BCUT2D eigenvalue weighted by Crippen LogP contribution is 2.32. The Labute approximate surface area is 131 Å². The van der Waals surface area contributed by atoms with Gasteiger partial charge in [0.2, 0.25) is 5.75 Å². The molecule has 0 amide bonds. The molecule has 0 spiro atoms. The molecule has 0 fully saturated rings. The maximum Gasteiger partial charge on any atom is 0.204 e. The Kier molecular flexibility index (Phi) is 4.95. The topological polar surface area (TPSA) is 82.9 Å². The monoisotopic (exact) mass is 347 g/mol. The molecule has 0 bridgehead atoms. The first-order valence-corrected chi connectivity index (χ1v) is 7.08. The van der Waals surface area contributed by atoms with Gasteiger partial charge in [0.15, 0.2) is 11.6 Å². The summed E-state index contributed by atoms with van der Waals surface area (Å²) < 4.78 is 6.20. The molecule has 2 aromatic rings. The quantitative estimate of drug-likeness (QED) is 0.863. The number of halogens is 1. The first kappa shape index (κ1) is 15.1. The van der Waals surface area contributed by atoms with Crippen LogP contribution in [0.1, 0.15) is 12.5 Å². The Balaban J connectivity index is 2.40. The Morgan fingerprint density at radius 1 is 1.33 bits per heavy atom. The summed E-state index contributed by atoms with van der Waals surface area (Å²) in [6.45, 7) is 2.69. The summed E-state index contributed by atoms with van der Waals surface area (Å²) in [6.07, 6.45) is 1.44. The van der Waals surface area contributed by atoms with Crippen molar-refractivity contribution in [3.05, 3.63) is 34.6 Å². The van der Waals surface area contributed by atoms with Crippen molar-refractivity contribution in [1.82, 2.24) is 9.97 Å². The zero-order chi connectivity index (χ0) is 15.2. The normalized spacial score (nSPS) is 9.81. The summed E-state index contributed by atoms with van der Waals surface area (Å²) >= 11 is 3.34. The molecule has 0 saturated carbocycles. The van der Waals surface area contributed by atoms with Gasteiger partial charge < -0.3 is 15.4 Å². The van der Waals surface area contributed by atoms with Gasteiger partial charge in [-0.1, -0.05) is 15.9 Å². The molecule has 0 saturated heterocycles. The Bertz CT molecular complexity index is 684. The van der Waals surface area contributed by atoms with E-state index in [0.717, 1.165) is 4.47 Å². The molecule has 0 aliphatic carbocycles. The molecule has 0 atom stereocenters. The van der Waals surface area contributed by atoms with Crippen molar-refractivity contribution in [2.75, 3.05) is 24.3 Å². The minimum absolute atomic E-state index is 0.502. The summed E-state index contributed by atoms with van der Waals surface area (Å²) in [5.41, 5.74) is 1.16. The summed E-state index contributed by atoms with van der Waals surface area (Å²) in [7, 11) is 1.55. The predicted molar refractivity (Wildman–Crippen MR) is 84.9 cm³/mol. The van der Waals surface area contributed by atoms with E-state index >= 15 is 0 Å². The van der Waals surface area contributed by atoms with Crippen molar-refractivity contribution in [3.8, 4) is 11.8 Å². The fraction of sp³-hybridized carbons (Fsp3) is 0.214. The summed E-state index contributed by atoms with van der Waals surface area (Å²) in [5.74, 6) is 1.61. The third-order valence-corrected chi connectivity index (χ3v) is 3.20. The van der Waals surface area contributed by atoms with E-state index in [9.17, 15) is 5.26 Å². The van der Waals surface area contributed by atoms with Gasteiger partial charge in [-0.2, -0.15) is 5.26 Å². The van der Waals surface area contributed by atoms with E-state index in [1.54, 1.807) is 19.2 Å². The second-order valence-electron chi connectivity index (χ2n) is 4.06. The highest BCUT2D eigenvalue weighted by Gasteiger charge is 2.13. The molecule has 0 radical (unpaired) electrons. The number of hydrogen-bond acceptors (Lipinski definition) is 6. The van der Waals surface area contributed by atoms with Gasteiger partial charge in [-0.05, 0) is 25.1 Å². The number of hydrogen-bond donors (Lipinski definition) is 2. The SMILES string of the molecule is CCNc1ncnc(Nc2ccc(Br)cc2C#N)c1OC. The molecule has 0 aliphatic rings. The molecule has 1 aromatic heterocycles. The smallest absolute Gasteiger partial charge is 0.204 e. The van der Waals surface area contributed by atoms with Crippen LogP contribution in [0.15, 0.2) is 29.0 Å². The van der Waals surface area contributed by atoms with Crippen LogP contribution in [0.2, 0.25) is 0 Å². The molecule has 0 unspecified atom stereocenters. The number of aromatic nitrogens is 2. The van der Waals surface area contributed by atoms with Crippen LogP contribution in [0.3, 0.4) is 0 Å². The average Bonchev–Trinajstić information content (AvgIpc) is 2.49. The number of anilines is 3. The molecule has 2 rings (SSSR count). The zero-order valence-corrected chi connectivity index (χ0v) is 13.2. The molecule has 1 aromatic carbocycles. The van der Waals surface area contributed by atoms with Gasteiger partial charge in [-0.3, -0.25) is 0 Å². The van der Waals surface area contributed by atoms with Crippen LogP contribution < -0.4 is 15.4 Å². The number of rotatable bonds is 5. The number of nitrogens with one attached hydrogen (secondary N) is 2. The van der Waals surface area contributed by atoms with E-state index in [0.29, 0.717) is 35.2 Å². The highest BCUT2D eigenvalue weighted by atomic mass is 79.9. The predicted octanol–water partition coefficient (Wildman–Crippen LogP) is 3.29. The fourth-order valence-corrected chi connectivity index (χ4v) is 2.16. The van der Waals surface area contributed by atoms with Gasteiger partial charge in [0.1, 0.15) is 12.4 Å². The molecular weight excluding hydrogens is 334 g/mol. The number of benzene rings is 1. The zero-order valence-electron chi connectivity index (χ0n) is 11.6. The van der Waals surface area contributed by atoms with Gasteiger partial charge in [0.25, 0.3) is 0 Å². The Morgan fingerprint density at radius 2 is 2.10 bits per heavy atom. The van der Waals surface area contributed by atoms with Crippen LogP contribution in [0, 0.1) is 11.3 Å². The second kappa shape index (κ2) is 6.90. The van der Waals surface area contributed by atoms with E-state index in [1.165, 1.54) is 6.33 Å². The number of ether oxygens (including phenoxy) is 1. The van der Waals surface area contributed by atoms with Crippen molar-refractivity contribution in [2.24, 2.45) is 0 Å². The van der Waals surface area contributed by atoms with Crippen LogP contribution in [-0.2, 0) is 0 Å². The van der Waals surface area contributed by atoms with Crippen LogP contribution in [0.5, 0.6) is 5.75 Å². The maximum atomic E-state index is 9.20. The molecule has 21 heavy (non-hydrogen) atoms. The first-order chi connectivity index (χ1) is 10.2. The van der Waals surface area contributed by atoms with E-state index in [-0.39, 0.29) is 0 Å². The lowest BCUT2D eigenvalue weighted by Crippen LogP contribution is -2.06. The van der Waals surface area contributed by atoms with Gasteiger partial charge in [-0.15, -0.1) is 0 Å². The third-order valence-electron chi connectivity index (χ3n) is 2.71. The standard InChI is InChI=1S/C14H14BrN5O/c1-3-17-13-12(21-2)14(19-8-18-13)20-11-5-4-10(15)6-9(11)7-16/h4-6,8H,3H2,1-2H3,(H2,17,18,19,20). The molecule has 2 N–H and O–H groups in total. The highest BCUT2D eigenvalue weighted by molar-refractivity contribution is 9.10.